The van der Waals surface area contributed by atoms with Crippen molar-refractivity contribution in [2.45, 2.75) is 59.0 Å². The lowest BCUT2D eigenvalue weighted by molar-refractivity contribution is 0.0858. The second-order valence-corrected chi connectivity index (χ2v) is 5.45. The molecule has 0 aliphatic heterocycles. The molecule has 2 atom stereocenters. The molecule has 1 aliphatic carbocycles. The zero-order valence-electron chi connectivity index (χ0n) is 8.64. The van der Waals surface area contributed by atoms with Crippen LogP contribution in [0.2, 0.25) is 0 Å². The molecule has 1 nitrogen and oxygen atoms in total. The molecule has 1 fully saturated rings. The van der Waals surface area contributed by atoms with E-state index < -0.39 is 0 Å². The fourth-order valence-electron chi connectivity index (χ4n) is 2.31. The molecule has 72 valence electrons. The van der Waals surface area contributed by atoms with Crippen molar-refractivity contribution in [1.82, 2.24) is 0 Å². The molecule has 0 saturated heterocycles. The average molecular weight is 170 g/mol. The minimum absolute atomic E-state index is 0.00824. The maximum Gasteiger partial charge on any atom is 0.0542 e. The predicted molar refractivity (Wildman–Crippen MR) is 52.0 cm³/mol. The van der Waals surface area contributed by atoms with Crippen LogP contribution in [0.15, 0.2) is 0 Å². The Bertz CT molecular complexity index is 134. The van der Waals surface area contributed by atoms with Crippen LogP contribution in [0.25, 0.3) is 0 Å². The number of hydrogen-bond acceptors (Lipinski definition) is 1. The molecule has 0 unspecified atom stereocenters. The summed E-state index contributed by atoms with van der Waals surface area (Å²) in [6.07, 6.45) is 5.88. The second-order valence-electron chi connectivity index (χ2n) is 5.45. The minimum Gasteiger partial charge on any atom is -0.393 e. The van der Waals surface area contributed by atoms with Crippen molar-refractivity contribution in [3.05, 3.63) is 0 Å². The Balaban J connectivity index is 2.32. The molecule has 1 saturated carbocycles. The van der Waals surface area contributed by atoms with Crippen LogP contribution in [-0.4, -0.2) is 11.2 Å². The largest absolute Gasteiger partial charge is 0.393 e. The summed E-state index contributed by atoms with van der Waals surface area (Å²) < 4.78 is 0. The van der Waals surface area contributed by atoms with E-state index in [1.165, 1.54) is 19.3 Å². The smallest absolute Gasteiger partial charge is 0.0542 e. The van der Waals surface area contributed by atoms with Crippen LogP contribution in [-0.2, 0) is 0 Å². The van der Waals surface area contributed by atoms with Crippen molar-refractivity contribution < 1.29 is 5.11 Å². The van der Waals surface area contributed by atoms with Gasteiger partial charge in [0.25, 0.3) is 0 Å². The normalized spacial score (nSPS) is 32.0. The highest BCUT2D eigenvalue weighted by Crippen LogP contribution is 2.33. The van der Waals surface area contributed by atoms with E-state index in [1.54, 1.807) is 0 Å². The van der Waals surface area contributed by atoms with Crippen LogP contribution in [0, 0.1) is 11.3 Å². The Hall–Kier alpha value is -0.0400. The van der Waals surface area contributed by atoms with Gasteiger partial charge in [0.2, 0.25) is 0 Å². The Morgan fingerprint density at radius 1 is 1.25 bits per heavy atom. The maximum atomic E-state index is 9.48. The third kappa shape index (κ3) is 3.57. The van der Waals surface area contributed by atoms with Crippen LogP contribution in [0.4, 0.5) is 0 Å². The van der Waals surface area contributed by atoms with Crippen molar-refractivity contribution in [2.75, 3.05) is 0 Å². The fourth-order valence-corrected chi connectivity index (χ4v) is 2.31. The summed E-state index contributed by atoms with van der Waals surface area (Å²) in [6, 6.07) is 0. The topological polar surface area (TPSA) is 20.2 Å². The van der Waals surface area contributed by atoms with Crippen molar-refractivity contribution in [3.8, 4) is 0 Å². The van der Waals surface area contributed by atoms with Gasteiger partial charge in [-0.25, -0.2) is 0 Å². The first-order valence-corrected chi connectivity index (χ1v) is 5.15. The molecule has 0 heterocycles. The van der Waals surface area contributed by atoms with E-state index in [4.69, 9.17) is 0 Å². The van der Waals surface area contributed by atoms with Gasteiger partial charge in [-0.15, -0.1) is 0 Å². The lowest BCUT2D eigenvalue weighted by Crippen LogP contribution is -2.23. The zero-order valence-corrected chi connectivity index (χ0v) is 8.64. The third-order valence-corrected chi connectivity index (χ3v) is 2.66. The van der Waals surface area contributed by atoms with Gasteiger partial charge >= 0.3 is 0 Å². The third-order valence-electron chi connectivity index (χ3n) is 2.66. The molecule has 0 amide bonds. The molecule has 12 heavy (non-hydrogen) atoms. The SMILES string of the molecule is CC(C)(C)C[C@H]1CCC[C@H](O)C1. The average Bonchev–Trinajstić information content (AvgIpc) is 1.82. The first-order valence-electron chi connectivity index (χ1n) is 5.15. The van der Waals surface area contributed by atoms with Crippen molar-refractivity contribution in [1.29, 1.82) is 0 Å². The number of aliphatic hydroxyl groups excluding tert-OH is 1. The van der Waals surface area contributed by atoms with E-state index in [9.17, 15) is 5.11 Å². The first-order chi connectivity index (χ1) is 5.47. The summed E-state index contributed by atoms with van der Waals surface area (Å²) in [5.74, 6) is 0.772. The number of rotatable bonds is 1. The predicted octanol–water partition coefficient (Wildman–Crippen LogP) is 2.97. The summed E-state index contributed by atoms with van der Waals surface area (Å²) in [6.45, 7) is 6.86. The summed E-state index contributed by atoms with van der Waals surface area (Å²) in [7, 11) is 0. The Morgan fingerprint density at radius 2 is 1.92 bits per heavy atom. The van der Waals surface area contributed by atoms with E-state index in [0.29, 0.717) is 5.41 Å². The molecular formula is C11H22O. The van der Waals surface area contributed by atoms with Crippen molar-refractivity contribution >= 4 is 0 Å². The highest BCUT2D eigenvalue weighted by atomic mass is 16.3. The molecule has 0 radical (unpaired) electrons. The number of hydrogen-bond donors (Lipinski definition) is 1. The van der Waals surface area contributed by atoms with Crippen molar-refractivity contribution in [3.63, 3.8) is 0 Å². The van der Waals surface area contributed by atoms with Gasteiger partial charge in [-0.05, 0) is 30.6 Å². The lowest BCUT2D eigenvalue weighted by Gasteiger charge is -2.31. The minimum atomic E-state index is -0.00824. The molecule has 0 aromatic heterocycles. The van der Waals surface area contributed by atoms with E-state index >= 15 is 0 Å². The lowest BCUT2D eigenvalue weighted by atomic mass is 9.77. The summed E-state index contributed by atoms with van der Waals surface area (Å²) >= 11 is 0. The van der Waals surface area contributed by atoms with Gasteiger partial charge in [0.1, 0.15) is 0 Å². The molecular weight excluding hydrogens is 148 g/mol. The zero-order chi connectivity index (χ0) is 9.19. The molecule has 1 heteroatoms. The van der Waals surface area contributed by atoms with Crippen LogP contribution in [0.5, 0.6) is 0 Å². The first kappa shape index (κ1) is 10.0. The van der Waals surface area contributed by atoms with Crippen LogP contribution >= 0.6 is 0 Å². The van der Waals surface area contributed by atoms with E-state index in [2.05, 4.69) is 20.8 Å². The number of aliphatic hydroxyl groups is 1. The van der Waals surface area contributed by atoms with Gasteiger partial charge in [0.15, 0.2) is 0 Å². The molecule has 0 aromatic rings. The van der Waals surface area contributed by atoms with Gasteiger partial charge < -0.3 is 5.11 Å². The highest BCUT2D eigenvalue weighted by molar-refractivity contribution is 4.76. The molecule has 0 aromatic carbocycles. The summed E-state index contributed by atoms with van der Waals surface area (Å²) in [5.41, 5.74) is 0.432. The van der Waals surface area contributed by atoms with Crippen molar-refractivity contribution in [2.24, 2.45) is 11.3 Å². The maximum absolute atomic E-state index is 9.48. The Morgan fingerprint density at radius 3 is 2.42 bits per heavy atom. The standard InChI is InChI=1S/C11H22O/c1-11(2,3)8-9-5-4-6-10(12)7-9/h9-10,12H,4-8H2,1-3H3/t9-,10-/m0/s1. The Kier molecular flexibility index (Phi) is 3.16. The van der Waals surface area contributed by atoms with Gasteiger partial charge in [0, 0.05) is 0 Å². The van der Waals surface area contributed by atoms with Gasteiger partial charge in [-0.3, -0.25) is 0 Å². The van der Waals surface area contributed by atoms with Gasteiger partial charge in [-0.1, -0.05) is 33.6 Å². The quantitative estimate of drug-likeness (QED) is 0.641. The molecule has 0 bridgehead atoms. The highest BCUT2D eigenvalue weighted by Gasteiger charge is 2.24. The molecule has 1 rings (SSSR count). The monoisotopic (exact) mass is 170 g/mol. The van der Waals surface area contributed by atoms with E-state index in [-0.39, 0.29) is 6.10 Å². The molecule has 1 aliphatic rings. The van der Waals surface area contributed by atoms with Crippen LogP contribution in [0.1, 0.15) is 52.9 Å². The van der Waals surface area contributed by atoms with E-state index in [0.717, 1.165) is 18.8 Å². The molecule has 1 N–H and O–H groups in total. The molecule has 0 spiro atoms. The summed E-state index contributed by atoms with van der Waals surface area (Å²) in [4.78, 5) is 0. The Labute approximate surface area is 76.2 Å². The van der Waals surface area contributed by atoms with Gasteiger partial charge in [0.05, 0.1) is 6.10 Å². The van der Waals surface area contributed by atoms with Gasteiger partial charge in [-0.2, -0.15) is 0 Å². The van der Waals surface area contributed by atoms with E-state index in [1.807, 2.05) is 0 Å². The fraction of sp³-hybridized carbons (Fsp3) is 1.00. The second kappa shape index (κ2) is 3.78. The van der Waals surface area contributed by atoms with Crippen LogP contribution in [0.3, 0.4) is 0 Å². The van der Waals surface area contributed by atoms with Crippen LogP contribution < -0.4 is 0 Å². The summed E-state index contributed by atoms with van der Waals surface area (Å²) in [5, 5.41) is 9.48.